The number of benzene rings is 3. The van der Waals surface area contributed by atoms with Crippen molar-refractivity contribution in [3.05, 3.63) is 88.4 Å². The van der Waals surface area contributed by atoms with E-state index in [0.717, 1.165) is 5.56 Å². The molecule has 1 N–H and O–H groups in total. The van der Waals surface area contributed by atoms with Gasteiger partial charge in [-0.3, -0.25) is 4.79 Å². The van der Waals surface area contributed by atoms with Gasteiger partial charge in [-0.2, -0.15) is 5.26 Å². The highest BCUT2D eigenvalue weighted by Crippen LogP contribution is 2.27. The minimum absolute atomic E-state index is 0.239. The number of nitriles is 1. The fourth-order valence-corrected chi connectivity index (χ4v) is 2.85. The van der Waals surface area contributed by atoms with Gasteiger partial charge in [0.2, 0.25) is 0 Å². The van der Waals surface area contributed by atoms with E-state index in [4.69, 9.17) is 26.3 Å². The van der Waals surface area contributed by atoms with Crippen LogP contribution < -0.4 is 14.8 Å². The molecule has 0 heterocycles. The molecule has 0 spiro atoms. The Kier molecular flexibility index (Phi) is 6.15. The number of ether oxygens (including phenoxy) is 2. The first-order valence-corrected chi connectivity index (χ1v) is 8.84. The van der Waals surface area contributed by atoms with Crippen LogP contribution in [-0.4, -0.2) is 13.0 Å². The van der Waals surface area contributed by atoms with Gasteiger partial charge in [-0.05, 0) is 42.5 Å². The third kappa shape index (κ3) is 4.61. The van der Waals surface area contributed by atoms with Crippen LogP contribution in [-0.2, 0) is 6.61 Å². The Balaban J connectivity index is 1.69. The normalized spacial score (nSPS) is 10.0. The molecule has 0 radical (unpaired) electrons. The maximum absolute atomic E-state index is 12.5. The number of carbonyl (C=O) groups is 1. The Morgan fingerprint density at radius 1 is 1.11 bits per heavy atom. The van der Waals surface area contributed by atoms with Crippen molar-refractivity contribution in [2.24, 2.45) is 0 Å². The van der Waals surface area contributed by atoms with Gasteiger partial charge in [0.1, 0.15) is 18.1 Å². The molecule has 0 saturated carbocycles. The highest BCUT2D eigenvalue weighted by molar-refractivity contribution is 6.32. The summed E-state index contributed by atoms with van der Waals surface area (Å²) in [5, 5.41) is 12.4. The molecule has 1 amide bonds. The molecule has 0 fully saturated rings. The van der Waals surface area contributed by atoms with E-state index in [1.165, 1.54) is 7.11 Å². The van der Waals surface area contributed by atoms with Crippen LogP contribution in [0.3, 0.4) is 0 Å². The maximum atomic E-state index is 12.5. The smallest absolute Gasteiger partial charge is 0.255 e. The van der Waals surface area contributed by atoms with Crippen molar-refractivity contribution in [2.75, 3.05) is 12.4 Å². The van der Waals surface area contributed by atoms with Crippen molar-refractivity contribution in [3.8, 4) is 17.6 Å². The summed E-state index contributed by atoms with van der Waals surface area (Å²) in [7, 11) is 1.53. The van der Waals surface area contributed by atoms with Crippen molar-refractivity contribution >= 4 is 23.2 Å². The van der Waals surface area contributed by atoms with Crippen LogP contribution in [0.5, 0.6) is 11.5 Å². The zero-order valence-corrected chi connectivity index (χ0v) is 15.9. The zero-order chi connectivity index (χ0) is 19.9. The lowest BCUT2D eigenvalue weighted by atomic mass is 10.1. The van der Waals surface area contributed by atoms with Crippen molar-refractivity contribution in [1.29, 1.82) is 5.26 Å². The fraction of sp³-hybridized carbons (Fsp3) is 0.0909. The molecule has 6 heteroatoms. The lowest BCUT2D eigenvalue weighted by Gasteiger charge is -2.10. The number of hydrogen-bond donors (Lipinski definition) is 1. The molecular weight excluding hydrogens is 376 g/mol. The number of amides is 1. The summed E-state index contributed by atoms with van der Waals surface area (Å²) in [6.45, 7) is 0.239. The van der Waals surface area contributed by atoms with Crippen molar-refractivity contribution < 1.29 is 14.3 Å². The minimum atomic E-state index is -0.288. The molecule has 3 aromatic rings. The molecule has 0 aliphatic rings. The predicted octanol–water partition coefficient (Wildman–Crippen LogP) is 5.05. The Morgan fingerprint density at radius 3 is 2.68 bits per heavy atom. The summed E-state index contributed by atoms with van der Waals surface area (Å²) >= 11 is 6.09. The SMILES string of the molecule is COc1ccc(NC(=O)c2cccc(OCc3ccccc3C#N)c2)cc1Cl. The second-order valence-electron chi connectivity index (χ2n) is 5.89. The summed E-state index contributed by atoms with van der Waals surface area (Å²) < 4.78 is 10.9. The molecule has 0 bridgehead atoms. The van der Waals surface area contributed by atoms with Gasteiger partial charge < -0.3 is 14.8 Å². The van der Waals surface area contributed by atoms with E-state index < -0.39 is 0 Å². The molecule has 0 aliphatic carbocycles. The maximum Gasteiger partial charge on any atom is 0.255 e. The van der Waals surface area contributed by atoms with Crippen LogP contribution in [0.4, 0.5) is 5.69 Å². The Labute approximate surface area is 168 Å². The Bertz CT molecular complexity index is 1040. The number of methoxy groups -OCH3 is 1. The summed E-state index contributed by atoms with van der Waals surface area (Å²) in [6.07, 6.45) is 0. The summed E-state index contributed by atoms with van der Waals surface area (Å²) in [5.74, 6) is 0.782. The van der Waals surface area contributed by atoms with Gasteiger partial charge >= 0.3 is 0 Å². The van der Waals surface area contributed by atoms with Gasteiger partial charge in [0.05, 0.1) is 23.8 Å². The zero-order valence-electron chi connectivity index (χ0n) is 15.1. The predicted molar refractivity (Wildman–Crippen MR) is 108 cm³/mol. The molecule has 0 saturated heterocycles. The lowest BCUT2D eigenvalue weighted by Crippen LogP contribution is -2.12. The number of rotatable bonds is 6. The van der Waals surface area contributed by atoms with E-state index in [9.17, 15) is 4.79 Å². The van der Waals surface area contributed by atoms with E-state index in [1.54, 1.807) is 54.6 Å². The van der Waals surface area contributed by atoms with E-state index in [2.05, 4.69) is 11.4 Å². The fourth-order valence-electron chi connectivity index (χ4n) is 2.59. The van der Waals surface area contributed by atoms with E-state index >= 15 is 0 Å². The molecule has 140 valence electrons. The summed E-state index contributed by atoms with van der Waals surface area (Å²) in [4.78, 5) is 12.5. The third-order valence-electron chi connectivity index (χ3n) is 4.04. The van der Waals surface area contributed by atoms with Gasteiger partial charge in [0.15, 0.2) is 0 Å². The molecule has 0 aliphatic heterocycles. The monoisotopic (exact) mass is 392 g/mol. The Morgan fingerprint density at radius 2 is 1.93 bits per heavy atom. The van der Waals surface area contributed by atoms with Gasteiger partial charge in [-0.15, -0.1) is 0 Å². The largest absolute Gasteiger partial charge is 0.495 e. The molecular formula is C22H17ClN2O3. The first kappa shape index (κ1) is 19.3. The lowest BCUT2D eigenvalue weighted by molar-refractivity contribution is 0.102. The Hall–Kier alpha value is -3.49. The quantitative estimate of drug-likeness (QED) is 0.637. The molecule has 3 rings (SSSR count). The summed E-state index contributed by atoms with van der Waals surface area (Å²) in [5.41, 5.74) is 2.35. The van der Waals surface area contributed by atoms with Crippen LogP contribution in [0.1, 0.15) is 21.5 Å². The number of nitrogens with one attached hydrogen (secondary N) is 1. The number of halogens is 1. The number of carbonyl (C=O) groups excluding carboxylic acids is 1. The van der Waals surface area contributed by atoms with Gasteiger partial charge in [0.25, 0.3) is 5.91 Å². The van der Waals surface area contributed by atoms with Crippen LogP contribution in [0, 0.1) is 11.3 Å². The minimum Gasteiger partial charge on any atom is -0.495 e. The van der Waals surface area contributed by atoms with Crippen molar-refractivity contribution in [3.63, 3.8) is 0 Å². The van der Waals surface area contributed by atoms with Crippen LogP contribution in [0.25, 0.3) is 0 Å². The molecule has 0 aromatic heterocycles. The van der Waals surface area contributed by atoms with Gasteiger partial charge in [0, 0.05) is 16.8 Å². The first-order valence-electron chi connectivity index (χ1n) is 8.46. The van der Waals surface area contributed by atoms with Crippen LogP contribution in [0.15, 0.2) is 66.7 Å². The van der Waals surface area contributed by atoms with Crippen LogP contribution >= 0.6 is 11.6 Å². The highest BCUT2D eigenvalue weighted by Gasteiger charge is 2.10. The average molecular weight is 393 g/mol. The number of nitrogens with zero attached hydrogens (tertiary/aromatic N) is 1. The average Bonchev–Trinajstić information content (AvgIpc) is 2.73. The van der Waals surface area contributed by atoms with E-state index in [0.29, 0.717) is 33.3 Å². The van der Waals surface area contributed by atoms with Crippen LogP contribution in [0.2, 0.25) is 5.02 Å². The molecule has 28 heavy (non-hydrogen) atoms. The van der Waals surface area contributed by atoms with E-state index in [-0.39, 0.29) is 12.5 Å². The standard InChI is InChI=1S/C22H17ClN2O3/c1-27-21-10-9-18(12-20(21)23)25-22(26)15-7-4-8-19(11-15)28-14-17-6-3-2-5-16(17)13-24/h2-12H,14H2,1H3,(H,25,26). The molecule has 3 aromatic carbocycles. The number of anilines is 1. The molecule has 0 atom stereocenters. The second-order valence-corrected chi connectivity index (χ2v) is 6.30. The molecule has 5 nitrogen and oxygen atoms in total. The van der Waals surface area contributed by atoms with E-state index in [1.807, 2.05) is 12.1 Å². The van der Waals surface area contributed by atoms with Crippen molar-refractivity contribution in [2.45, 2.75) is 6.61 Å². The highest BCUT2D eigenvalue weighted by atomic mass is 35.5. The third-order valence-corrected chi connectivity index (χ3v) is 4.33. The topological polar surface area (TPSA) is 71.3 Å². The number of hydrogen-bond acceptors (Lipinski definition) is 4. The second kappa shape index (κ2) is 8.94. The van der Waals surface area contributed by atoms with Crippen molar-refractivity contribution in [1.82, 2.24) is 0 Å². The molecule has 0 unspecified atom stereocenters. The summed E-state index contributed by atoms with van der Waals surface area (Å²) in [6, 6.07) is 21.2. The van der Waals surface area contributed by atoms with Gasteiger partial charge in [-0.25, -0.2) is 0 Å². The van der Waals surface area contributed by atoms with Gasteiger partial charge in [-0.1, -0.05) is 35.9 Å². The first-order chi connectivity index (χ1) is 13.6.